The first-order valence-electron chi connectivity index (χ1n) is 13.8. The van der Waals surface area contributed by atoms with Gasteiger partial charge < -0.3 is 10.2 Å². The fraction of sp³-hybridized carbons (Fsp3) is 0.933. The lowest BCUT2D eigenvalue weighted by Crippen LogP contribution is -2.66. The lowest BCUT2D eigenvalue weighted by molar-refractivity contribution is -0.246. The maximum atomic E-state index is 10.9. The van der Waals surface area contributed by atoms with E-state index in [0.717, 1.165) is 23.8 Å². The summed E-state index contributed by atoms with van der Waals surface area (Å²) in [4.78, 5) is 0. The fourth-order valence-electron chi connectivity index (χ4n) is 11.5. The maximum Gasteiger partial charge on any atom is 0.0641 e. The van der Waals surface area contributed by atoms with Crippen LogP contribution in [0.25, 0.3) is 0 Å². The summed E-state index contributed by atoms with van der Waals surface area (Å²) in [6.45, 7) is 19.8. The van der Waals surface area contributed by atoms with Crippen LogP contribution in [0.1, 0.15) is 106 Å². The van der Waals surface area contributed by atoms with E-state index in [0.29, 0.717) is 39.4 Å². The van der Waals surface area contributed by atoms with E-state index in [1.165, 1.54) is 57.8 Å². The zero-order valence-corrected chi connectivity index (χ0v) is 21.8. The van der Waals surface area contributed by atoms with Gasteiger partial charge in [-0.2, -0.15) is 0 Å². The van der Waals surface area contributed by atoms with Gasteiger partial charge in [0.15, 0.2) is 0 Å². The van der Waals surface area contributed by atoms with E-state index in [9.17, 15) is 10.2 Å². The first kappa shape index (κ1) is 23.4. The Morgan fingerprint density at radius 2 is 1.50 bits per heavy atom. The average molecular weight is 443 g/mol. The number of hydrogen-bond acceptors (Lipinski definition) is 2. The molecule has 0 saturated heterocycles. The zero-order valence-electron chi connectivity index (χ0n) is 21.8. The number of aliphatic hydroxyl groups is 2. The Hall–Kier alpha value is -0.340. The molecule has 10 atom stereocenters. The maximum absolute atomic E-state index is 10.9. The molecule has 2 nitrogen and oxygen atoms in total. The monoisotopic (exact) mass is 442 g/mol. The second-order valence-corrected chi connectivity index (χ2v) is 14.7. The van der Waals surface area contributed by atoms with Crippen molar-refractivity contribution in [1.82, 2.24) is 0 Å². The third-order valence-corrected chi connectivity index (χ3v) is 13.6. The fourth-order valence-corrected chi connectivity index (χ4v) is 11.5. The molecular formula is C30H50O2. The van der Waals surface area contributed by atoms with Crippen LogP contribution in [0.15, 0.2) is 12.2 Å². The standard InChI is InChI=1S/C30H50O2/c1-19(18-31)20-10-13-27(4)16-17-29(6)21(25(20)27)8-9-23-28(5)14-12-24(32)26(2,3)22(28)11-15-30(23,29)7/h20-25,31-32H,1,8-18H2,2-7H3/t20-,21+,22-,23+,24-,25-,27+,28-,29+,30+/m0/s1. The van der Waals surface area contributed by atoms with Crippen LogP contribution in [0.4, 0.5) is 0 Å². The quantitative estimate of drug-likeness (QED) is 0.452. The van der Waals surface area contributed by atoms with Gasteiger partial charge in [0.1, 0.15) is 0 Å². The smallest absolute Gasteiger partial charge is 0.0641 e. The Kier molecular flexibility index (Phi) is 5.19. The molecule has 0 aromatic rings. The van der Waals surface area contributed by atoms with E-state index in [-0.39, 0.29) is 18.1 Å². The van der Waals surface area contributed by atoms with E-state index in [1.54, 1.807) is 0 Å². The van der Waals surface area contributed by atoms with Crippen molar-refractivity contribution in [3.8, 4) is 0 Å². The van der Waals surface area contributed by atoms with Gasteiger partial charge >= 0.3 is 0 Å². The highest BCUT2D eigenvalue weighted by molar-refractivity contribution is 5.21. The minimum absolute atomic E-state index is 0.0344. The van der Waals surface area contributed by atoms with Gasteiger partial charge in [0.05, 0.1) is 12.7 Å². The molecule has 0 spiro atoms. The number of hydrogen-bond donors (Lipinski definition) is 2. The van der Waals surface area contributed by atoms with Crippen molar-refractivity contribution in [2.45, 2.75) is 112 Å². The molecule has 0 heterocycles. The normalized spacial score (nSPS) is 56.5. The summed E-state index contributed by atoms with van der Waals surface area (Å²) in [6, 6.07) is 0. The molecule has 2 N–H and O–H groups in total. The second kappa shape index (κ2) is 7.09. The Balaban J connectivity index is 1.53. The summed E-state index contributed by atoms with van der Waals surface area (Å²) < 4.78 is 0. The Bertz CT molecular complexity index is 786. The van der Waals surface area contributed by atoms with E-state index >= 15 is 0 Å². The number of fused-ring (bicyclic) bond motifs is 7. The van der Waals surface area contributed by atoms with Crippen molar-refractivity contribution < 1.29 is 10.2 Å². The third kappa shape index (κ3) is 2.72. The average Bonchev–Trinajstić information content (AvgIpc) is 3.09. The molecule has 0 radical (unpaired) electrons. The number of rotatable bonds is 2. The highest BCUT2D eigenvalue weighted by Gasteiger charge is 2.70. The molecule has 2 heteroatoms. The summed E-state index contributed by atoms with van der Waals surface area (Å²) in [5, 5.41) is 20.9. The molecule has 0 aromatic carbocycles. The van der Waals surface area contributed by atoms with Gasteiger partial charge in [-0.3, -0.25) is 0 Å². The third-order valence-electron chi connectivity index (χ3n) is 13.6. The van der Waals surface area contributed by atoms with Crippen LogP contribution in [-0.2, 0) is 0 Å². The summed E-state index contributed by atoms with van der Waals surface area (Å²) in [6.07, 6.45) is 12.7. The van der Waals surface area contributed by atoms with Crippen molar-refractivity contribution in [2.75, 3.05) is 6.61 Å². The van der Waals surface area contributed by atoms with Crippen LogP contribution in [0, 0.1) is 56.7 Å². The first-order chi connectivity index (χ1) is 14.8. The Morgan fingerprint density at radius 1 is 0.781 bits per heavy atom. The molecule has 5 aliphatic carbocycles. The molecule has 0 aromatic heterocycles. The van der Waals surface area contributed by atoms with Crippen LogP contribution in [0.2, 0.25) is 0 Å². The van der Waals surface area contributed by atoms with E-state index in [4.69, 9.17) is 0 Å². The lowest BCUT2D eigenvalue weighted by atomic mass is 9.32. The highest BCUT2D eigenvalue weighted by Crippen LogP contribution is 2.77. The molecule has 5 aliphatic rings. The molecule has 5 fully saturated rings. The van der Waals surface area contributed by atoms with Crippen LogP contribution >= 0.6 is 0 Å². The SMILES string of the molecule is C=C(CO)[C@@H]1CC[C@]2(C)CC[C@]3(C)[C@H](CC[C@@H]4[C@@]5(C)CC[C@H](O)C(C)(C)[C@@H]5CC[C@]43C)[C@H]12. The number of aliphatic hydroxyl groups excluding tert-OH is 2. The van der Waals surface area contributed by atoms with E-state index < -0.39 is 0 Å². The molecule has 0 unspecified atom stereocenters. The van der Waals surface area contributed by atoms with Gasteiger partial charge in [-0.15, -0.1) is 0 Å². The van der Waals surface area contributed by atoms with Crippen molar-refractivity contribution in [1.29, 1.82) is 0 Å². The van der Waals surface area contributed by atoms with Crippen molar-refractivity contribution in [3.05, 3.63) is 12.2 Å². The summed E-state index contributed by atoms with van der Waals surface area (Å²) >= 11 is 0. The van der Waals surface area contributed by atoms with E-state index in [1.807, 2.05) is 0 Å². The van der Waals surface area contributed by atoms with Crippen molar-refractivity contribution in [2.24, 2.45) is 56.7 Å². The highest BCUT2D eigenvalue weighted by atomic mass is 16.3. The molecule has 0 bridgehead atoms. The predicted molar refractivity (Wildman–Crippen MR) is 132 cm³/mol. The second-order valence-electron chi connectivity index (χ2n) is 14.7. The molecule has 0 amide bonds. The first-order valence-corrected chi connectivity index (χ1v) is 13.8. The zero-order chi connectivity index (χ0) is 23.3. The van der Waals surface area contributed by atoms with Gasteiger partial charge in [-0.1, -0.05) is 48.1 Å². The van der Waals surface area contributed by atoms with Gasteiger partial charge in [-0.25, -0.2) is 0 Å². The molecule has 5 saturated carbocycles. The predicted octanol–water partition coefficient (Wildman–Crippen LogP) is 7.00. The lowest BCUT2D eigenvalue weighted by Gasteiger charge is -2.73. The summed E-state index contributed by atoms with van der Waals surface area (Å²) in [5.74, 6) is 3.39. The van der Waals surface area contributed by atoms with Gasteiger partial charge in [0.2, 0.25) is 0 Å². The van der Waals surface area contributed by atoms with Crippen molar-refractivity contribution in [3.63, 3.8) is 0 Å². The summed E-state index contributed by atoms with van der Waals surface area (Å²) in [7, 11) is 0. The molecule has 32 heavy (non-hydrogen) atoms. The molecular weight excluding hydrogens is 392 g/mol. The van der Waals surface area contributed by atoms with Crippen molar-refractivity contribution >= 4 is 0 Å². The molecule has 5 rings (SSSR count). The topological polar surface area (TPSA) is 40.5 Å². The molecule has 182 valence electrons. The largest absolute Gasteiger partial charge is 0.393 e. The summed E-state index contributed by atoms with van der Waals surface area (Å²) in [5.41, 5.74) is 2.70. The van der Waals surface area contributed by atoms with Crippen LogP contribution in [0.3, 0.4) is 0 Å². The van der Waals surface area contributed by atoms with E-state index in [2.05, 4.69) is 48.1 Å². The van der Waals surface area contributed by atoms with Gasteiger partial charge in [-0.05, 0) is 126 Å². The van der Waals surface area contributed by atoms with Gasteiger partial charge in [0.25, 0.3) is 0 Å². The Labute approximate surface area is 197 Å². The minimum Gasteiger partial charge on any atom is -0.393 e. The van der Waals surface area contributed by atoms with Crippen LogP contribution < -0.4 is 0 Å². The van der Waals surface area contributed by atoms with Crippen LogP contribution in [-0.4, -0.2) is 22.9 Å². The Morgan fingerprint density at radius 3 is 2.19 bits per heavy atom. The van der Waals surface area contributed by atoms with Gasteiger partial charge in [0, 0.05) is 0 Å². The van der Waals surface area contributed by atoms with Crippen LogP contribution in [0.5, 0.6) is 0 Å². The molecule has 0 aliphatic heterocycles. The minimum atomic E-state index is -0.143.